The number of hydrogen-bond acceptors (Lipinski definition) is 7. The van der Waals surface area contributed by atoms with E-state index in [1.54, 1.807) is 12.3 Å². The standard InChI is InChI=1S/C22H24ClFN4O2S/c1-25-14-6-3-12(4-7-14)18-17(22(29)30-2)19(15-8-5-13(24)11-16(15)23)28-20(27-18)21-26-9-10-31-21/h5,8-12,14,19,25H,3-4,6-7H2,1-2H3,(H,27,28)/t12-,14+,19?. The second-order valence-corrected chi connectivity index (χ2v) is 8.97. The van der Waals surface area contributed by atoms with Gasteiger partial charge in [0.15, 0.2) is 10.8 Å². The predicted molar refractivity (Wildman–Crippen MR) is 120 cm³/mol. The van der Waals surface area contributed by atoms with Crippen LogP contribution in [0.4, 0.5) is 4.39 Å². The largest absolute Gasteiger partial charge is 0.466 e. The third-order valence-corrected chi connectivity index (χ3v) is 7.02. The van der Waals surface area contributed by atoms with Gasteiger partial charge in [-0.25, -0.2) is 14.2 Å². The third-order valence-electron chi connectivity index (χ3n) is 5.92. The number of carbonyl (C=O) groups is 1. The fraction of sp³-hybridized carbons (Fsp3) is 0.409. The number of halogens is 2. The van der Waals surface area contributed by atoms with Gasteiger partial charge in [-0.1, -0.05) is 17.7 Å². The molecule has 6 nitrogen and oxygen atoms in total. The number of ether oxygens (including phenoxy) is 1. The molecule has 4 rings (SSSR count). The number of aromatic nitrogens is 1. The van der Waals surface area contributed by atoms with Crippen LogP contribution in [0.25, 0.3) is 0 Å². The van der Waals surface area contributed by atoms with Crippen molar-refractivity contribution in [1.29, 1.82) is 0 Å². The lowest BCUT2D eigenvalue weighted by atomic mass is 9.80. The quantitative estimate of drug-likeness (QED) is 0.650. The number of rotatable bonds is 5. The topological polar surface area (TPSA) is 75.6 Å². The van der Waals surface area contributed by atoms with Crippen molar-refractivity contribution in [3.8, 4) is 0 Å². The van der Waals surface area contributed by atoms with E-state index in [2.05, 4.69) is 15.6 Å². The highest BCUT2D eigenvalue weighted by Crippen LogP contribution is 2.41. The number of benzene rings is 1. The molecule has 2 heterocycles. The molecular weight excluding hydrogens is 439 g/mol. The van der Waals surface area contributed by atoms with Gasteiger partial charge in [-0.05, 0) is 50.8 Å². The molecule has 1 atom stereocenters. The number of allylic oxidation sites excluding steroid dienone is 1. The van der Waals surface area contributed by atoms with Crippen LogP contribution in [0.3, 0.4) is 0 Å². The summed E-state index contributed by atoms with van der Waals surface area (Å²) in [6.07, 6.45) is 5.56. The summed E-state index contributed by atoms with van der Waals surface area (Å²) in [4.78, 5) is 22.1. The van der Waals surface area contributed by atoms with Gasteiger partial charge in [-0.2, -0.15) is 0 Å². The number of carbonyl (C=O) groups excluding carboxylic acids is 1. The van der Waals surface area contributed by atoms with Gasteiger partial charge in [0, 0.05) is 33.9 Å². The molecule has 0 bridgehead atoms. The molecule has 0 saturated heterocycles. The number of methoxy groups -OCH3 is 1. The molecule has 9 heteroatoms. The van der Waals surface area contributed by atoms with E-state index in [0.717, 1.165) is 31.4 Å². The predicted octanol–water partition coefficient (Wildman–Crippen LogP) is 4.23. The molecule has 31 heavy (non-hydrogen) atoms. The molecule has 0 spiro atoms. The number of nitrogens with one attached hydrogen (secondary N) is 2. The van der Waals surface area contributed by atoms with Crippen LogP contribution >= 0.6 is 22.9 Å². The Hall–Kier alpha value is -2.29. The lowest BCUT2D eigenvalue weighted by Crippen LogP contribution is -2.39. The summed E-state index contributed by atoms with van der Waals surface area (Å²) < 4.78 is 18.9. The first kappa shape index (κ1) is 21.9. The first-order valence-electron chi connectivity index (χ1n) is 10.2. The molecule has 2 N–H and O–H groups in total. The Morgan fingerprint density at radius 1 is 1.32 bits per heavy atom. The number of aliphatic imine (C=N–C) groups is 1. The molecule has 1 fully saturated rings. The summed E-state index contributed by atoms with van der Waals surface area (Å²) in [5.74, 6) is -0.184. The lowest BCUT2D eigenvalue weighted by Gasteiger charge is -2.35. The maximum absolute atomic E-state index is 13.7. The van der Waals surface area contributed by atoms with Crippen molar-refractivity contribution in [1.82, 2.24) is 15.6 Å². The summed E-state index contributed by atoms with van der Waals surface area (Å²) in [6.45, 7) is 0. The fourth-order valence-corrected chi connectivity index (χ4v) is 5.15. The molecule has 2 aliphatic rings. The third kappa shape index (κ3) is 4.51. The summed E-state index contributed by atoms with van der Waals surface area (Å²) in [5.41, 5.74) is 1.77. The first-order valence-corrected chi connectivity index (χ1v) is 11.5. The number of hydrogen-bond donors (Lipinski definition) is 2. The van der Waals surface area contributed by atoms with Crippen LogP contribution in [-0.4, -0.2) is 37.0 Å². The van der Waals surface area contributed by atoms with Gasteiger partial charge in [0.05, 0.1) is 12.7 Å². The van der Waals surface area contributed by atoms with Gasteiger partial charge >= 0.3 is 5.97 Å². The number of amidine groups is 1. The Kier molecular flexibility index (Phi) is 6.69. The normalized spacial score (nSPS) is 23.9. The molecule has 1 unspecified atom stereocenters. The SMILES string of the molecule is CN[C@H]1CC[C@@H](C2=C(C(=O)OC)C(c3ccc(F)cc3Cl)N=C(c3nccs3)N2)CC1. The van der Waals surface area contributed by atoms with Gasteiger partial charge in [-0.3, -0.25) is 4.99 Å². The minimum Gasteiger partial charge on any atom is -0.466 e. The average Bonchev–Trinajstić information content (AvgIpc) is 3.33. The van der Waals surface area contributed by atoms with E-state index in [1.165, 1.54) is 30.6 Å². The highest BCUT2D eigenvalue weighted by Gasteiger charge is 2.37. The van der Waals surface area contributed by atoms with E-state index in [4.69, 9.17) is 21.3 Å². The van der Waals surface area contributed by atoms with Crippen LogP contribution in [0.5, 0.6) is 0 Å². The van der Waals surface area contributed by atoms with E-state index >= 15 is 0 Å². The van der Waals surface area contributed by atoms with Crippen LogP contribution < -0.4 is 10.6 Å². The van der Waals surface area contributed by atoms with Gasteiger partial charge in [0.2, 0.25) is 0 Å². The number of esters is 1. The van der Waals surface area contributed by atoms with E-state index in [9.17, 15) is 9.18 Å². The average molecular weight is 463 g/mol. The zero-order valence-corrected chi connectivity index (χ0v) is 18.9. The van der Waals surface area contributed by atoms with E-state index in [1.807, 2.05) is 12.4 Å². The molecule has 1 aromatic heterocycles. The van der Waals surface area contributed by atoms with Crippen LogP contribution in [0.2, 0.25) is 5.02 Å². The monoisotopic (exact) mass is 462 g/mol. The molecule has 2 aromatic rings. The number of thiazole rings is 1. The zero-order chi connectivity index (χ0) is 22.0. The van der Waals surface area contributed by atoms with Crippen molar-refractivity contribution in [3.05, 3.63) is 62.5 Å². The van der Waals surface area contributed by atoms with Crippen molar-refractivity contribution in [2.45, 2.75) is 37.8 Å². The van der Waals surface area contributed by atoms with Crippen molar-refractivity contribution in [2.24, 2.45) is 10.9 Å². The number of nitrogens with zero attached hydrogens (tertiary/aromatic N) is 2. The summed E-state index contributed by atoms with van der Waals surface area (Å²) in [6, 6.07) is 3.91. The van der Waals surface area contributed by atoms with Crippen molar-refractivity contribution >= 4 is 34.7 Å². The van der Waals surface area contributed by atoms with Crippen LogP contribution in [0.1, 0.15) is 42.3 Å². The maximum atomic E-state index is 13.7. The van der Waals surface area contributed by atoms with Crippen molar-refractivity contribution in [2.75, 3.05) is 14.2 Å². The lowest BCUT2D eigenvalue weighted by molar-refractivity contribution is -0.136. The Balaban J connectivity index is 1.83. The molecule has 0 amide bonds. The second-order valence-electron chi connectivity index (χ2n) is 7.66. The van der Waals surface area contributed by atoms with Gasteiger partial charge in [0.25, 0.3) is 0 Å². The van der Waals surface area contributed by atoms with Crippen molar-refractivity contribution in [3.63, 3.8) is 0 Å². The smallest absolute Gasteiger partial charge is 0.338 e. The Labute approximate surface area is 189 Å². The van der Waals surface area contributed by atoms with Gasteiger partial charge < -0.3 is 15.4 Å². The maximum Gasteiger partial charge on any atom is 0.338 e. The molecule has 1 aliphatic heterocycles. The molecule has 164 valence electrons. The molecule has 1 saturated carbocycles. The minimum atomic E-state index is -0.710. The second kappa shape index (κ2) is 9.46. The van der Waals surface area contributed by atoms with Crippen LogP contribution in [0, 0.1) is 11.7 Å². The highest BCUT2D eigenvalue weighted by atomic mass is 35.5. The summed E-state index contributed by atoms with van der Waals surface area (Å²) >= 11 is 7.85. The fourth-order valence-electron chi connectivity index (χ4n) is 4.29. The van der Waals surface area contributed by atoms with Crippen molar-refractivity contribution < 1.29 is 13.9 Å². The Morgan fingerprint density at radius 3 is 2.71 bits per heavy atom. The van der Waals surface area contributed by atoms with E-state index in [-0.39, 0.29) is 10.9 Å². The summed E-state index contributed by atoms with van der Waals surface area (Å²) in [5, 5.41) is 9.54. The minimum absolute atomic E-state index is 0.144. The van der Waals surface area contributed by atoms with E-state index in [0.29, 0.717) is 28.0 Å². The molecule has 1 aromatic carbocycles. The molecule has 0 radical (unpaired) electrons. The molecule has 1 aliphatic carbocycles. The zero-order valence-electron chi connectivity index (χ0n) is 17.3. The highest BCUT2D eigenvalue weighted by molar-refractivity contribution is 7.11. The first-order chi connectivity index (χ1) is 15.0. The van der Waals surface area contributed by atoms with Gasteiger partial charge in [0.1, 0.15) is 11.9 Å². The van der Waals surface area contributed by atoms with Gasteiger partial charge in [-0.15, -0.1) is 11.3 Å². The Morgan fingerprint density at radius 2 is 2.10 bits per heavy atom. The van der Waals surface area contributed by atoms with Crippen LogP contribution in [0.15, 0.2) is 46.0 Å². The van der Waals surface area contributed by atoms with E-state index < -0.39 is 17.8 Å². The molecular formula is C22H24ClFN4O2S. The Bertz CT molecular complexity index is 1020. The van der Waals surface area contributed by atoms with Crippen LogP contribution in [-0.2, 0) is 9.53 Å². The summed E-state index contributed by atoms with van der Waals surface area (Å²) in [7, 11) is 3.33.